The maximum Gasteiger partial charge on any atom is 0.330 e. The standard InChI is InChI=1S/C18H17N5O3S2/c1-22-10-13(15(25)23(2)18(22)26)8-9-14(24)19-16-20-21-17(28-16)27-11-12-6-4-3-5-7-12/h3-10H,11H2,1-2H3,(H,19,20,24)/b9-8+. The zero-order valence-electron chi connectivity index (χ0n) is 15.2. The number of anilines is 1. The summed E-state index contributed by atoms with van der Waals surface area (Å²) in [7, 11) is 2.92. The number of thioether (sulfide) groups is 1. The summed E-state index contributed by atoms with van der Waals surface area (Å²) < 4.78 is 3.01. The summed E-state index contributed by atoms with van der Waals surface area (Å²) in [6, 6.07) is 9.99. The number of amides is 1. The molecule has 144 valence electrons. The Hall–Kier alpha value is -2.98. The maximum absolute atomic E-state index is 12.1. The van der Waals surface area contributed by atoms with Crippen LogP contribution in [0.15, 0.2) is 56.5 Å². The number of carbonyl (C=O) groups is 1. The van der Waals surface area contributed by atoms with Gasteiger partial charge >= 0.3 is 5.69 Å². The van der Waals surface area contributed by atoms with E-state index in [1.807, 2.05) is 30.3 Å². The van der Waals surface area contributed by atoms with Crippen LogP contribution in [0, 0.1) is 0 Å². The van der Waals surface area contributed by atoms with Gasteiger partial charge in [0.25, 0.3) is 5.56 Å². The van der Waals surface area contributed by atoms with Crippen LogP contribution in [0.5, 0.6) is 0 Å². The minimum Gasteiger partial charge on any atom is -0.303 e. The molecule has 1 N–H and O–H groups in total. The molecule has 0 spiro atoms. The van der Waals surface area contributed by atoms with Gasteiger partial charge in [0.15, 0.2) is 4.34 Å². The van der Waals surface area contributed by atoms with Crippen LogP contribution < -0.4 is 16.6 Å². The van der Waals surface area contributed by atoms with E-state index in [0.717, 1.165) is 14.7 Å². The van der Waals surface area contributed by atoms with Gasteiger partial charge in [-0.1, -0.05) is 53.4 Å². The maximum atomic E-state index is 12.1. The summed E-state index contributed by atoms with van der Waals surface area (Å²) in [6.07, 6.45) is 3.97. The van der Waals surface area contributed by atoms with Crippen molar-refractivity contribution in [2.75, 3.05) is 5.32 Å². The lowest BCUT2D eigenvalue weighted by molar-refractivity contribution is -0.111. The molecule has 2 heterocycles. The lowest BCUT2D eigenvalue weighted by Crippen LogP contribution is -2.37. The molecule has 3 rings (SSSR count). The molecule has 10 heteroatoms. The number of benzene rings is 1. The van der Waals surface area contributed by atoms with Gasteiger partial charge in [-0.2, -0.15) is 0 Å². The number of nitrogens with one attached hydrogen (secondary N) is 1. The van der Waals surface area contributed by atoms with E-state index in [1.54, 1.807) is 0 Å². The van der Waals surface area contributed by atoms with E-state index < -0.39 is 17.2 Å². The van der Waals surface area contributed by atoms with Crippen LogP contribution in [0.3, 0.4) is 0 Å². The van der Waals surface area contributed by atoms with Crippen LogP contribution >= 0.6 is 23.1 Å². The number of rotatable bonds is 6. The smallest absolute Gasteiger partial charge is 0.303 e. The highest BCUT2D eigenvalue weighted by Crippen LogP contribution is 2.28. The third kappa shape index (κ3) is 4.84. The molecule has 0 bridgehead atoms. The predicted octanol–water partition coefficient (Wildman–Crippen LogP) is 1.88. The molecule has 28 heavy (non-hydrogen) atoms. The lowest BCUT2D eigenvalue weighted by Gasteiger charge is -2.03. The van der Waals surface area contributed by atoms with Crippen molar-refractivity contribution in [1.82, 2.24) is 19.3 Å². The number of hydrogen-bond donors (Lipinski definition) is 1. The highest BCUT2D eigenvalue weighted by Gasteiger charge is 2.08. The zero-order valence-corrected chi connectivity index (χ0v) is 16.8. The van der Waals surface area contributed by atoms with Crippen molar-refractivity contribution in [2.24, 2.45) is 14.1 Å². The minimum absolute atomic E-state index is 0.233. The van der Waals surface area contributed by atoms with Crippen LogP contribution in [0.4, 0.5) is 5.13 Å². The first-order chi connectivity index (χ1) is 13.4. The molecule has 0 aliphatic heterocycles. The first kappa shape index (κ1) is 19.8. The van der Waals surface area contributed by atoms with E-state index in [-0.39, 0.29) is 5.56 Å². The van der Waals surface area contributed by atoms with E-state index in [0.29, 0.717) is 5.13 Å². The number of carbonyl (C=O) groups excluding carboxylic acids is 1. The third-order valence-corrected chi connectivity index (χ3v) is 5.77. The first-order valence-corrected chi connectivity index (χ1v) is 10.00. The molecule has 0 saturated heterocycles. The third-order valence-electron chi connectivity index (χ3n) is 3.73. The molecule has 1 aromatic carbocycles. The number of aryl methyl sites for hydroxylation is 1. The van der Waals surface area contributed by atoms with E-state index in [2.05, 4.69) is 15.5 Å². The number of aromatic nitrogens is 4. The largest absolute Gasteiger partial charge is 0.330 e. The predicted molar refractivity (Wildman–Crippen MR) is 110 cm³/mol. The molecule has 0 unspecified atom stereocenters. The van der Waals surface area contributed by atoms with Crippen LogP contribution in [-0.2, 0) is 24.6 Å². The van der Waals surface area contributed by atoms with Crippen LogP contribution in [-0.4, -0.2) is 25.2 Å². The number of hydrogen-bond acceptors (Lipinski definition) is 7. The van der Waals surface area contributed by atoms with E-state index in [4.69, 9.17) is 0 Å². The van der Waals surface area contributed by atoms with Crippen molar-refractivity contribution in [3.8, 4) is 0 Å². The highest BCUT2D eigenvalue weighted by atomic mass is 32.2. The second kappa shape index (κ2) is 8.81. The second-order valence-electron chi connectivity index (χ2n) is 5.81. The molecule has 0 aliphatic rings. The number of nitrogens with zero attached hydrogens (tertiary/aromatic N) is 4. The average molecular weight is 416 g/mol. The monoisotopic (exact) mass is 415 g/mol. The highest BCUT2D eigenvalue weighted by molar-refractivity contribution is 8.00. The Balaban J connectivity index is 1.61. The SMILES string of the molecule is Cn1cc(/C=C/C(=O)Nc2nnc(SCc3ccccc3)s2)c(=O)n(C)c1=O. The summed E-state index contributed by atoms with van der Waals surface area (Å²) in [6.45, 7) is 0. The van der Waals surface area contributed by atoms with Crippen molar-refractivity contribution in [3.05, 3.63) is 74.6 Å². The summed E-state index contributed by atoms with van der Waals surface area (Å²) in [4.78, 5) is 35.8. The minimum atomic E-state index is -0.470. The van der Waals surface area contributed by atoms with Crippen molar-refractivity contribution >= 4 is 40.2 Å². The molecular weight excluding hydrogens is 398 g/mol. The van der Waals surface area contributed by atoms with Crippen LogP contribution in [0.2, 0.25) is 0 Å². The van der Waals surface area contributed by atoms with Crippen molar-refractivity contribution < 1.29 is 4.79 Å². The fourth-order valence-electron chi connectivity index (χ4n) is 2.30. The zero-order chi connectivity index (χ0) is 20.1. The summed E-state index contributed by atoms with van der Waals surface area (Å²) in [5, 5.41) is 11.0. The Morgan fingerprint density at radius 3 is 2.71 bits per heavy atom. The molecule has 0 atom stereocenters. The van der Waals surface area contributed by atoms with Crippen molar-refractivity contribution in [3.63, 3.8) is 0 Å². The molecule has 0 saturated carbocycles. The van der Waals surface area contributed by atoms with E-state index in [1.165, 1.54) is 65.7 Å². The molecule has 1 amide bonds. The van der Waals surface area contributed by atoms with Gasteiger partial charge < -0.3 is 4.57 Å². The van der Waals surface area contributed by atoms with Gasteiger partial charge in [-0.05, 0) is 11.6 Å². The van der Waals surface area contributed by atoms with Crippen LogP contribution in [0.25, 0.3) is 6.08 Å². The van der Waals surface area contributed by atoms with Gasteiger partial charge in [0, 0.05) is 32.1 Å². The Kier molecular flexibility index (Phi) is 6.22. The molecular formula is C18H17N5O3S2. The summed E-state index contributed by atoms with van der Waals surface area (Å²) in [5.74, 6) is 0.325. The van der Waals surface area contributed by atoms with Gasteiger partial charge in [0.2, 0.25) is 11.0 Å². The average Bonchev–Trinajstić information content (AvgIpc) is 3.14. The van der Waals surface area contributed by atoms with Crippen molar-refractivity contribution in [1.29, 1.82) is 0 Å². The molecule has 8 nitrogen and oxygen atoms in total. The molecule has 0 fully saturated rings. The van der Waals surface area contributed by atoms with Gasteiger partial charge in [-0.3, -0.25) is 19.5 Å². The second-order valence-corrected chi connectivity index (χ2v) is 8.01. The topological polar surface area (TPSA) is 98.9 Å². The summed E-state index contributed by atoms with van der Waals surface area (Å²) in [5.41, 5.74) is 0.509. The van der Waals surface area contributed by atoms with Gasteiger partial charge in [-0.25, -0.2) is 4.79 Å². The summed E-state index contributed by atoms with van der Waals surface area (Å²) >= 11 is 2.81. The van der Waals surface area contributed by atoms with Crippen molar-refractivity contribution in [2.45, 2.75) is 10.1 Å². The fourth-order valence-corrected chi connectivity index (χ4v) is 4.01. The Labute approximate surface area is 168 Å². The van der Waals surface area contributed by atoms with Crippen LogP contribution in [0.1, 0.15) is 11.1 Å². The van der Waals surface area contributed by atoms with Gasteiger partial charge in [0.05, 0.1) is 5.56 Å². The first-order valence-electron chi connectivity index (χ1n) is 8.20. The normalized spacial score (nSPS) is 11.1. The Morgan fingerprint density at radius 2 is 1.96 bits per heavy atom. The van der Waals surface area contributed by atoms with E-state index in [9.17, 15) is 14.4 Å². The molecule has 3 aromatic rings. The molecule has 0 aliphatic carbocycles. The van der Waals surface area contributed by atoms with Gasteiger partial charge in [0.1, 0.15) is 0 Å². The molecule has 0 radical (unpaired) electrons. The Morgan fingerprint density at radius 1 is 1.21 bits per heavy atom. The Bertz CT molecular complexity index is 1130. The lowest BCUT2D eigenvalue weighted by atomic mass is 10.2. The van der Waals surface area contributed by atoms with Gasteiger partial charge in [-0.15, -0.1) is 10.2 Å². The fraction of sp³-hybridized carbons (Fsp3) is 0.167. The molecule has 2 aromatic heterocycles. The van der Waals surface area contributed by atoms with E-state index >= 15 is 0 Å². The quantitative estimate of drug-likeness (QED) is 0.375.